The summed E-state index contributed by atoms with van der Waals surface area (Å²) in [5, 5.41) is 2.89. The molecule has 1 saturated heterocycles. The van der Waals surface area contributed by atoms with E-state index in [-0.39, 0.29) is 5.91 Å². The zero-order valence-corrected chi connectivity index (χ0v) is 10.9. The average molecular weight is 247 g/mol. The first-order chi connectivity index (χ1) is 8.66. The predicted octanol–water partition coefficient (Wildman–Crippen LogP) is 1.57. The van der Waals surface area contributed by atoms with E-state index in [1.807, 2.05) is 18.2 Å². The number of rotatable bonds is 4. The Bertz CT molecular complexity index is 411. The van der Waals surface area contributed by atoms with Gasteiger partial charge in [0.1, 0.15) is 0 Å². The van der Waals surface area contributed by atoms with Crippen LogP contribution in [0.25, 0.3) is 0 Å². The van der Waals surface area contributed by atoms with Crippen LogP contribution in [-0.2, 0) is 11.3 Å². The van der Waals surface area contributed by atoms with Crippen molar-refractivity contribution in [2.45, 2.75) is 32.4 Å². The number of hydrogen-bond acceptors (Lipinski definition) is 3. The quantitative estimate of drug-likeness (QED) is 0.849. The van der Waals surface area contributed by atoms with Crippen LogP contribution in [0.1, 0.15) is 25.3 Å². The van der Waals surface area contributed by atoms with Gasteiger partial charge in [0.25, 0.3) is 0 Å². The molecular weight excluding hydrogens is 226 g/mol. The summed E-state index contributed by atoms with van der Waals surface area (Å²) in [6.45, 7) is 4.89. The van der Waals surface area contributed by atoms with Gasteiger partial charge in [-0.3, -0.25) is 9.69 Å². The number of carbonyl (C=O) groups is 1. The van der Waals surface area contributed by atoms with Crippen molar-refractivity contribution in [1.29, 1.82) is 0 Å². The van der Waals surface area contributed by atoms with E-state index in [0.29, 0.717) is 0 Å². The van der Waals surface area contributed by atoms with Crippen LogP contribution < -0.4 is 11.1 Å². The van der Waals surface area contributed by atoms with Crippen molar-refractivity contribution in [3.8, 4) is 0 Å². The number of amides is 1. The molecule has 1 atom stereocenters. The molecule has 1 aliphatic rings. The largest absolute Gasteiger partial charge is 0.324 e. The molecule has 4 nitrogen and oxygen atoms in total. The lowest BCUT2D eigenvalue weighted by Crippen LogP contribution is -2.33. The molecule has 0 saturated carbocycles. The lowest BCUT2D eigenvalue weighted by molar-refractivity contribution is -0.117. The van der Waals surface area contributed by atoms with Crippen LogP contribution in [0.3, 0.4) is 0 Å². The molecule has 0 spiro atoms. The number of para-hydroxylation sites is 1. The highest BCUT2D eigenvalue weighted by Crippen LogP contribution is 2.19. The van der Waals surface area contributed by atoms with Gasteiger partial charge in [0.2, 0.25) is 5.91 Å². The Labute approximate surface area is 108 Å². The Morgan fingerprint density at radius 3 is 2.72 bits per heavy atom. The number of nitrogens with one attached hydrogen (secondary N) is 1. The Morgan fingerprint density at radius 2 is 2.06 bits per heavy atom. The first-order valence-corrected chi connectivity index (χ1v) is 6.53. The Morgan fingerprint density at radius 1 is 1.39 bits per heavy atom. The van der Waals surface area contributed by atoms with Crippen molar-refractivity contribution in [3.63, 3.8) is 0 Å². The van der Waals surface area contributed by atoms with Crippen molar-refractivity contribution in [1.82, 2.24) is 4.90 Å². The number of carbonyl (C=O) groups excluding carboxylic acids is 1. The second-order valence-corrected chi connectivity index (χ2v) is 4.92. The highest BCUT2D eigenvalue weighted by molar-refractivity contribution is 5.95. The van der Waals surface area contributed by atoms with Crippen LogP contribution in [0.4, 0.5) is 5.69 Å². The van der Waals surface area contributed by atoms with Crippen LogP contribution in [0, 0.1) is 0 Å². The molecule has 1 aromatic carbocycles. The Balaban J connectivity index is 2.07. The van der Waals surface area contributed by atoms with Gasteiger partial charge in [-0.25, -0.2) is 0 Å². The average Bonchev–Trinajstić information content (AvgIpc) is 2.84. The Kier molecular flexibility index (Phi) is 4.33. The fourth-order valence-electron chi connectivity index (χ4n) is 2.21. The normalized spacial score (nSPS) is 17.7. The van der Waals surface area contributed by atoms with E-state index in [1.165, 1.54) is 12.8 Å². The molecule has 1 aromatic rings. The van der Waals surface area contributed by atoms with Gasteiger partial charge in [0.15, 0.2) is 0 Å². The number of benzene rings is 1. The van der Waals surface area contributed by atoms with Crippen LogP contribution in [-0.4, -0.2) is 29.9 Å². The molecule has 2 rings (SSSR count). The lowest BCUT2D eigenvalue weighted by atomic mass is 10.1. The zero-order chi connectivity index (χ0) is 13.0. The third-order valence-corrected chi connectivity index (χ3v) is 3.28. The maximum Gasteiger partial charge on any atom is 0.241 e. The minimum atomic E-state index is -0.482. The maximum absolute atomic E-state index is 11.7. The molecule has 3 N–H and O–H groups in total. The highest BCUT2D eigenvalue weighted by atomic mass is 16.2. The number of anilines is 1. The second kappa shape index (κ2) is 5.98. The van der Waals surface area contributed by atoms with Gasteiger partial charge in [0.05, 0.1) is 6.04 Å². The molecular formula is C14H21N3O. The fraction of sp³-hybridized carbons (Fsp3) is 0.500. The fourth-order valence-corrected chi connectivity index (χ4v) is 2.21. The van der Waals surface area contributed by atoms with Gasteiger partial charge in [-0.2, -0.15) is 0 Å². The van der Waals surface area contributed by atoms with Crippen molar-refractivity contribution in [3.05, 3.63) is 29.8 Å². The Hall–Kier alpha value is -1.39. The molecule has 0 bridgehead atoms. The molecule has 1 amide bonds. The molecule has 0 aromatic heterocycles. The minimum absolute atomic E-state index is 0.135. The summed E-state index contributed by atoms with van der Waals surface area (Å²) in [5.74, 6) is -0.135. The van der Waals surface area contributed by atoms with Gasteiger partial charge in [0, 0.05) is 12.2 Å². The van der Waals surface area contributed by atoms with Gasteiger partial charge >= 0.3 is 0 Å². The van der Waals surface area contributed by atoms with E-state index < -0.39 is 6.04 Å². The summed E-state index contributed by atoms with van der Waals surface area (Å²) < 4.78 is 0. The molecule has 18 heavy (non-hydrogen) atoms. The summed E-state index contributed by atoms with van der Waals surface area (Å²) >= 11 is 0. The van der Waals surface area contributed by atoms with E-state index in [4.69, 9.17) is 5.73 Å². The van der Waals surface area contributed by atoms with Crippen molar-refractivity contribution >= 4 is 11.6 Å². The molecule has 4 heteroatoms. The van der Waals surface area contributed by atoms with Gasteiger partial charge in [-0.05, 0) is 44.5 Å². The van der Waals surface area contributed by atoms with Crippen LogP contribution in [0.2, 0.25) is 0 Å². The van der Waals surface area contributed by atoms with Crippen molar-refractivity contribution in [2.75, 3.05) is 18.4 Å². The first kappa shape index (κ1) is 13.1. The number of hydrogen-bond donors (Lipinski definition) is 2. The van der Waals surface area contributed by atoms with E-state index in [9.17, 15) is 4.79 Å². The van der Waals surface area contributed by atoms with E-state index in [2.05, 4.69) is 16.3 Å². The van der Waals surface area contributed by atoms with Crippen LogP contribution in [0.5, 0.6) is 0 Å². The third kappa shape index (κ3) is 3.31. The van der Waals surface area contributed by atoms with Crippen LogP contribution in [0.15, 0.2) is 24.3 Å². The molecule has 0 radical (unpaired) electrons. The minimum Gasteiger partial charge on any atom is -0.324 e. The summed E-state index contributed by atoms with van der Waals surface area (Å²) in [7, 11) is 0. The van der Waals surface area contributed by atoms with Gasteiger partial charge in [-0.1, -0.05) is 18.2 Å². The zero-order valence-electron chi connectivity index (χ0n) is 10.9. The monoisotopic (exact) mass is 247 g/mol. The van der Waals surface area contributed by atoms with E-state index in [0.717, 1.165) is 30.9 Å². The predicted molar refractivity (Wildman–Crippen MR) is 73.2 cm³/mol. The molecule has 0 aliphatic carbocycles. The summed E-state index contributed by atoms with van der Waals surface area (Å²) in [6.07, 6.45) is 2.54. The number of likely N-dealkylation sites (tertiary alicyclic amines) is 1. The first-order valence-electron chi connectivity index (χ1n) is 6.53. The standard InChI is InChI=1S/C14H21N3O/c1-11(15)14(18)16-13-7-3-2-6-12(13)10-17-8-4-5-9-17/h2-3,6-7,11H,4-5,8-10,15H2,1H3,(H,16,18). The molecule has 1 fully saturated rings. The number of nitrogens with two attached hydrogens (primary N) is 1. The molecule has 98 valence electrons. The van der Waals surface area contributed by atoms with Gasteiger partial charge < -0.3 is 11.1 Å². The molecule has 1 heterocycles. The SMILES string of the molecule is CC(N)C(=O)Nc1ccccc1CN1CCCC1. The summed E-state index contributed by atoms with van der Waals surface area (Å²) in [5.41, 5.74) is 7.62. The molecule has 1 unspecified atom stereocenters. The molecule has 1 aliphatic heterocycles. The summed E-state index contributed by atoms with van der Waals surface area (Å²) in [4.78, 5) is 14.1. The van der Waals surface area contributed by atoms with Crippen LogP contribution >= 0.6 is 0 Å². The van der Waals surface area contributed by atoms with Gasteiger partial charge in [-0.15, -0.1) is 0 Å². The highest BCUT2D eigenvalue weighted by Gasteiger charge is 2.15. The third-order valence-electron chi connectivity index (χ3n) is 3.28. The topological polar surface area (TPSA) is 58.4 Å². The summed E-state index contributed by atoms with van der Waals surface area (Å²) in [6, 6.07) is 7.46. The lowest BCUT2D eigenvalue weighted by Gasteiger charge is -2.18. The maximum atomic E-state index is 11.7. The van der Waals surface area contributed by atoms with Crippen molar-refractivity contribution < 1.29 is 4.79 Å². The van der Waals surface area contributed by atoms with E-state index >= 15 is 0 Å². The van der Waals surface area contributed by atoms with Crippen molar-refractivity contribution in [2.24, 2.45) is 5.73 Å². The second-order valence-electron chi connectivity index (χ2n) is 4.92. The number of nitrogens with zero attached hydrogens (tertiary/aromatic N) is 1. The van der Waals surface area contributed by atoms with E-state index in [1.54, 1.807) is 6.92 Å². The smallest absolute Gasteiger partial charge is 0.241 e.